The number of urea groups is 1. The van der Waals surface area contributed by atoms with Gasteiger partial charge in [0.2, 0.25) is 0 Å². The quantitative estimate of drug-likeness (QED) is 0.893. The highest BCUT2D eigenvalue weighted by Crippen LogP contribution is 2.31. The van der Waals surface area contributed by atoms with Crippen molar-refractivity contribution in [2.24, 2.45) is 0 Å². The Labute approximate surface area is 144 Å². The van der Waals surface area contributed by atoms with Crippen LogP contribution in [0.5, 0.6) is 0 Å². The molecule has 24 heavy (non-hydrogen) atoms. The van der Waals surface area contributed by atoms with E-state index in [1.165, 1.54) is 11.2 Å². The molecular formula is C17H16ClN3O3. The molecule has 1 unspecified atom stereocenters. The van der Waals surface area contributed by atoms with Crippen LogP contribution in [0.25, 0.3) is 0 Å². The molecule has 1 aromatic heterocycles. The third kappa shape index (κ3) is 3.00. The smallest absolute Gasteiger partial charge is 0.322 e. The maximum atomic E-state index is 12.8. The number of rotatable bonds is 3. The van der Waals surface area contributed by atoms with Crippen molar-refractivity contribution in [3.8, 4) is 0 Å². The first kappa shape index (κ1) is 16.1. The van der Waals surface area contributed by atoms with E-state index in [9.17, 15) is 9.59 Å². The molecular weight excluding hydrogens is 330 g/mol. The summed E-state index contributed by atoms with van der Waals surface area (Å²) in [7, 11) is 1.61. The molecule has 7 heteroatoms. The zero-order chi connectivity index (χ0) is 17.3. The molecule has 0 saturated carbocycles. The first-order chi connectivity index (χ1) is 11.5. The average molecular weight is 346 g/mol. The molecule has 1 aliphatic heterocycles. The van der Waals surface area contributed by atoms with E-state index in [1.807, 2.05) is 0 Å². The number of carbonyl (C=O) groups is 2. The van der Waals surface area contributed by atoms with E-state index in [0.29, 0.717) is 27.7 Å². The summed E-state index contributed by atoms with van der Waals surface area (Å²) < 4.78 is 5.39. The van der Waals surface area contributed by atoms with Gasteiger partial charge in [-0.05, 0) is 43.3 Å². The molecule has 0 spiro atoms. The van der Waals surface area contributed by atoms with E-state index in [-0.39, 0.29) is 11.9 Å². The Hall–Kier alpha value is -2.73. The molecule has 0 bridgehead atoms. The van der Waals surface area contributed by atoms with Crippen molar-refractivity contribution in [3.63, 3.8) is 0 Å². The van der Waals surface area contributed by atoms with Gasteiger partial charge in [-0.2, -0.15) is 0 Å². The van der Waals surface area contributed by atoms with Crippen molar-refractivity contribution in [3.05, 3.63) is 64.7 Å². The summed E-state index contributed by atoms with van der Waals surface area (Å²) in [5.41, 5.74) is 1.59. The highest BCUT2D eigenvalue weighted by molar-refractivity contribution is 6.30. The van der Waals surface area contributed by atoms with Gasteiger partial charge in [0.25, 0.3) is 5.91 Å². The number of allylic oxidation sites excluding steroid dienone is 1. The van der Waals surface area contributed by atoms with Gasteiger partial charge in [-0.15, -0.1) is 0 Å². The van der Waals surface area contributed by atoms with Gasteiger partial charge in [-0.25, -0.2) is 4.79 Å². The maximum Gasteiger partial charge on any atom is 0.322 e. The third-order valence-electron chi connectivity index (χ3n) is 3.93. The van der Waals surface area contributed by atoms with Crippen LogP contribution in [0.3, 0.4) is 0 Å². The molecule has 3 amide bonds. The van der Waals surface area contributed by atoms with E-state index >= 15 is 0 Å². The van der Waals surface area contributed by atoms with Crippen LogP contribution in [0.1, 0.15) is 18.7 Å². The Balaban J connectivity index is 1.95. The first-order valence-electron chi connectivity index (χ1n) is 7.32. The number of nitrogens with one attached hydrogen (secondary N) is 2. The summed E-state index contributed by atoms with van der Waals surface area (Å²) in [6.07, 6.45) is 1.50. The van der Waals surface area contributed by atoms with E-state index in [4.69, 9.17) is 16.0 Å². The molecule has 0 radical (unpaired) electrons. The van der Waals surface area contributed by atoms with Crippen molar-refractivity contribution in [1.82, 2.24) is 10.2 Å². The molecule has 3 rings (SSSR count). The number of hydrogen-bond acceptors (Lipinski definition) is 3. The largest absolute Gasteiger partial charge is 0.467 e. The minimum absolute atomic E-state index is 0.294. The van der Waals surface area contributed by atoms with Crippen LogP contribution in [0, 0.1) is 0 Å². The van der Waals surface area contributed by atoms with Crippen LogP contribution in [-0.2, 0) is 4.79 Å². The monoisotopic (exact) mass is 345 g/mol. The van der Waals surface area contributed by atoms with E-state index in [0.717, 1.165) is 0 Å². The molecule has 1 atom stereocenters. The van der Waals surface area contributed by atoms with Crippen LogP contribution in [0.2, 0.25) is 5.02 Å². The lowest BCUT2D eigenvalue weighted by Crippen LogP contribution is -2.46. The van der Waals surface area contributed by atoms with Crippen molar-refractivity contribution >= 4 is 29.2 Å². The normalized spacial score (nSPS) is 17.7. The van der Waals surface area contributed by atoms with Gasteiger partial charge in [-0.3, -0.25) is 4.79 Å². The van der Waals surface area contributed by atoms with Crippen LogP contribution < -0.4 is 10.6 Å². The minimum atomic E-state index is -0.643. The maximum absolute atomic E-state index is 12.8. The fourth-order valence-electron chi connectivity index (χ4n) is 2.53. The molecule has 2 heterocycles. The van der Waals surface area contributed by atoms with Gasteiger partial charge in [0, 0.05) is 23.5 Å². The van der Waals surface area contributed by atoms with Crippen LogP contribution >= 0.6 is 11.6 Å². The molecule has 0 saturated heterocycles. The molecule has 124 valence electrons. The number of anilines is 1. The van der Waals surface area contributed by atoms with Crippen LogP contribution in [0.15, 0.2) is 58.3 Å². The average Bonchev–Trinajstić information content (AvgIpc) is 3.08. The van der Waals surface area contributed by atoms with Gasteiger partial charge in [0.15, 0.2) is 0 Å². The SMILES string of the molecule is CC1=C(C(=O)Nc2ccc(Cl)cc2)C(c2ccco2)NC(=O)N1C. The van der Waals surface area contributed by atoms with Gasteiger partial charge < -0.3 is 20.0 Å². The molecule has 0 aliphatic carbocycles. The molecule has 2 N–H and O–H groups in total. The third-order valence-corrected chi connectivity index (χ3v) is 4.18. The zero-order valence-corrected chi connectivity index (χ0v) is 13.9. The first-order valence-corrected chi connectivity index (χ1v) is 7.70. The van der Waals surface area contributed by atoms with Crippen molar-refractivity contribution in [2.75, 3.05) is 12.4 Å². The van der Waals surface area contributed by atoms with E-state index in [1.54, 1.807) is 50.4 Å². The van der Waals surface area contributed by atoms with Crippen molar-refractivity contribution in [1.29, 1.82) is 0 Å². The summed E-state index contributed by atoms with van der Waals surface area (Å²) in [5, 5.41) is 6.18. The summed E-state index contributed by atoms with van der Waals surface area (Å²) in [5.74, 6) is 0.181. The van der Waals surface area contributed by atoms with Crippen molar-refractivity contribution in [2.45, 2.75) is 13.0 Å². The van der Waals surface area contributed by atoms with Gasteiger partial charge in [-0.1, -0.05) is 11.6 Å². The molecule has 2 aromatic rings. The van der Waals surface area contributed by atoms with E-state index in [2.05, 4.69) is 10.6 Å². The lowest BCUT2D eigenvalue weighted by molar-refractivity contribution is -0.113. The summed E-state index contributed by atoms with van der Waals surface area (Å²) >= 11 is 5.86. The summed E-state index contributed by atoms with van der Waals surface area (Å²) in [4.78, 5) is 26.3. The summed E-state index contributed by atoms with van der Waals surface area (Å²) in [6, 6.07) is 9.30. The van der Waals surface area contributed by atoms with Gasteiger partial charge in [0.1, 0.15) is 11.8 Å². The lowest BCUT2D eigenvalue weighted by atomic mass is 9.99. The fraction of sp³-hybridized carbons (Fsp3) is 0.176. The second kappa shape index (κ2) is 6.41. The zero-order valence-electron chi connectivity index (χ0n) is 13.2. The highest BCUT2D eigenvalue weighted by Gasteiger charge is 2.35. The van der Waals surface area contributed by atoms with Crippen LogP contribution in [0.4, 0.5) is 10.5 Å². The predicted octanol–water partition coefficient (Wildman–Crippen LogP) is 3.54. The van der Waals surface area contributed by atoms with Crippen LogP contribution in [-0.4, -0.2) is 23.9 Å². The Bertz CT molecular complexity index is 797. The van der Waals surface area contributed by atoms with E-state index < -0.39 is 6.04 Å². The number of amides is 3. The highest BCUT2D eigenvalue weighted by atomic mass is 35.5. The number of furan rings is 1. The standard InChI is InChI=1S/C17H16ClN3O3/c1-10-14(16(22)19-12-7-5-11(18)6-8-12)15(13-4-3-9-24-13)20-17(23)21(10)2/h3-9,15H,1-2H3,(H,19,22)(H,20,23). The number of benzene rings is 1. The Kier molecular flexibility index (Phi) is 4.31. The number of halogens is 1. The second-order valence-corrected chi connectivity index (χ2v) is 5.85. The Morgan fingerprint density at radius 1 is 1.29 bits per heavy atom. The molecule has 0 fully saturated rings. The number of carbonyl (C=O) groups excluding carboxylic acids is 2. The second-order valence-electron chi connectivity index (χ2n) is 5.42. The fourth-order valence-corrected chi connectivity index (χ4v) is 2.66. The lowest BCUT2D eigenvalue weighted by Gasteiger charge is -2.32. The molecule has 1 aliphatic rings. The Morgan fingerprint density at radius 2 is 2.00 bits per heavy atom. The summed E-state index contributed by atoms with van der Waals surface area (Å²) in [6.45, 7) is 1.73. The molecule has 1 aromatic carbocycles. The predicted molar refractivity (Wildman–Crippen MR) is 90.5 cm³/mol. The molecule has 6 nitrogen and oxygen atoms in total. The van der Waals surface area contributed by atoms with Gasteiger partial charge in [0.05, 0.1) is 11.8 Å². The van der Waals surface area contributed by atoms with Crippen molar-refractivity contribution < 1.29 is 14.0 Å². The number of nitrogens with zero attached hydrogens (tertiary/aromatic N) is 1. The van der Waals surface area contributed by atoms with Gasteiger partial charge >= 0.3 is 6.03 Å². The topological polar surface area (TPSA) is 74.6 Å². The Morgan fingerprint density at radius 3 is 2.62 bits per heavy atom. The number of hydrogen-bond donors (Lipinski definition) is 2. The minimum Gasteiger partial charge on any atom is -0.467 e.